The lowest BCUT2D eigenvalue weighted by Gasteiger charge is -2.23. The number of aliphatic carboxylic acids is 1. The SMILES string of the molecule is CN(CC(=O)O)N1C(=O)CCC1=O. The number of hydrazine groups is 1. The van der Waals surface area contributed by atoms with E-state index >= 15 is 0 Å². The molecule has 1 aliphatic heterocycles. The van der Waals surface area contributed by atoms with Crippen molar-refractivity contribution < 1.29 is 19.5 Å². The zero-order chi connectivity index (χ0) is 10.0. The van der Waals surface area contributed by atoms with Crippen molar-refractivity contribution in [1.29, 1.82) is 0 Å². The fraction of sp³-hybridized carbons (Fsp3) is 0.571. The zero-order valence-electron chi connectivity index (χ0n) is 7.19. The van der Waals surface area contributed by atoms with Crippen LogP contribution in [0, 0.1) is 0 Å². The number of rotatable bonds is 3. The second kappa shape index (κ2) is 3.53. The number of hydrogen-bond donors (Lipinski definition) is 1. The van der Waals surface area contributed by atoms with Crippen LogP contribution < -0.4 is 0 Å². The molecule has 1 heterocycles. The average molecular weight is 186 g/mol. The summed E-state index contributed by atoms with van der Waals surface area (Å²) in [6.45, 7) is -0.350. The molecular formula is C7H10N2O4. The molecule has 2 amide bonds. The number of carbonyl (C=O) groups is 3. The summed E-state index contributed by atoms with van der Waals surface area (Å²) in [5, 5.41) is 10.4. The molecule has 72 valence electrons. The van der Waals surface area contributed by atoms with Gasteiger partial charge in [0.2, 0.25) is 11.8 Å². The first-order valence-corrected chi connectivity index (χ1v) is 3.81. The predicted molar refractivity (Wildman–Crippen MR) is 41.4 cm³/mol. The first-order chi connectivity index (χ1) is 6.02. The minimum Gasteiger partial charge on any atom is -0.480 e. The molecular weight excluding hydrogens is 176 g/mol. The van der Waals surface area contributed by atoms with Crippen LogP contribution in [0.5, 0.6) is 0 Å². The van der Waals surface area contributed by atoms with Crippen LogP contribution >= 0.6 is 0 Å². The van der Waals surface area contributed by atoms with E-state index in [9.17, 15) is 14.4 Å². The van der Waals surface area contributed by atoms with Gasteiger partial charge in [0.25, 0.3) is 0 Å². The Morgan fingerprint density at radius 3 is 2.31 bits per heavy atom. The summed E-state index contributed by atoms with van der Waals surface area (Å²) in [6.07, 6.45) is 0.339. The highest BCUT2D eigenvalue weighted by atomic mass is 16.4. The van der Waals surface area contributed by atoms with Gasteiger partial charge in [-0.1, -0.05) is 0 Å². The fourth-order valence-corrected chi connectivity index (χ4v) is 1.21. The van der Waals surface area contributed by atoms with Crippen LogP contribution in [-0.2, 0) is 14.4 Å². The van der Waals surface area contributed by atoms with E-state index < -0.39 is 5.97 Å². The molecule has 13 heavy (non-hydrogen) atoms. The smallest absolute Gasteiger partial charge is 0.319 e. The molecule has 1 rings (SSSR count). The van der Waals surface area contributed by atoms with Gasteiger partial charge in [-0.25, -0.2) is 10.0 Å². The molecule has 1 fully saturated rings. The Balaban J connectivity index is 2.64. The summed E-state index contributed by atoms with van der Waals surface area (Å²) >= 11 is 0. The number of nitrogens with zero attached hydrogens (tertiary/aromatic N) is 2. The van der Waals surface area contributed by atoms with E-state index in [2.05, 4.69) is 0 Å². The van der Waals surface area contributed by atoms with Crippen LogP contribution in [0.4, 0.5) is 0 Å². The van der Waals surface area contributed by atoms with Crippen molar-refractivity contribution >= 4 is 17.8 Å². The van der Waals surface area contributed by atoms with Crippen molar-refractivity contribution in [3.8, 4) is 0 Å². The first-order valence-electron chi connectivity index (χ1n) is 3.81. The molecule has 1 N–H and O–H groups in total. The fourth-order valence-electron chi connectivity index (χ4n) is 1.21. The number of likely N-dealkylation sites (N-methyl/N-ethyl adjacent to an activating group) is 1. The molecule has 6 heteroatoms. The van der Waals surface area contributed by atoms with Gasteiger partial charge < -0.3 is 5.11 Å². The molecule has 0 aromatic heterocycles. The molecule has 6 nitrogen and oxygen atoms in total. The Kier molecular flexibility index (Phi) is 2.62. The Morgan fingerprint density at radius 2 is 1.92 bits per heavy atom. The molecule has 0 bridgehead atoms. The van der Waals surface area contributed by atoms with Gasteiger partial charge >= 0.3 is 5.97 Å². The molecule has 1 aliphatic rings. The third kappa shape index (κ3) is 2.03. The number of carbonyl (C=O) groups excluding carboxylic acids is 2. The lowest BCUT2D eigenvalue weighted by atomic mass is 10.4. The quantitative estimate of drug-likeness (QED) is 0.576. The number of amides is 2. The second-order valence-electron chi connectivity index (χ2n) is 2.81. The summed E-state index contributed by atoms with van der Waals surface area (Å²) in [5.41, 5.74) is 0. The van der Waals surface area contributed by atoms with Gasteiger partial charge in [-0.2, -0.15) is 0 Å². The molecule has 0 unspecified atom stereocenters. The van der Waals surface area contributed by atoms with Crippen molar-refractivity contribution in [3.05, 3.63) is 0 Å². The molecule has 0 spiro atoms. The monoisotopic (exact) mass is 186 g/mol. The molecule has 0 saturated carbocycles. The molecule has 1 saturated heterocycles. The summed E-state index contributed by atoms with van der Waals surface area (Å²) < 4.78 is 0. The molecule has 0 radical (unpaired) electrons. The number of carboxylic acids is 1. The van der Waals surface area contributed by atoms with Crippen LogP contribution in [0.25, 0.3) is 0 Å². The number of hydrogen-bond acceptors (Lipinski definition) is 4. The van der Waals surface area contributed by atoms with Crippen molar-refractivity contribution in [2.75, 3.05) is 13.6 Å². The highest BCUT2D eigenvalue weighted by Crippen LogP contribution is 2.12. The molecule has 0 aromatic rings. The van der Waals surface area contributed by atoms with Gasteiger partial charge in [-0.3, -0.25) is 14.4 Å². The molecule has 0 aliphatic carbocycles. The van der Waals surface area contributed by atoms with Crippen LogP contribution in [0.15, 0.2) is 0 Å². The van der Waals surface area contributed by atoms with E-state index in [1.54, 1.807) is 0 Å². The van der Waals surface area contributed by atoms with Crippen LogP contribution in [-0.4, -0.2) is 46.5 Å². The van der Waals surface area contributed by atoms with E-state index in [0.29, 0.717) is 0 Å². The number of carboxylic acid groups (broad SMARTS) is 1. The minimum atomic E-state index is -1.07. The summed E-state index contributed by atoms with van der Waals surface area (Å²) in [4.78, 5) is 32.4. The standard InChI is InChI=1S/C7H10N2O4/c1-8(4-7(12)13)9-5(10)2-3-6(9)11/h2-4H2,1H3,(H,12,13). The van der Waals surface area contributed by atoms with Crippen molar-refractivity contribution in [3.63, 3.8) is 0 Å². The second-order valence-corrected chi connectivity index (χ2v) is 2.81. The predicted octanol–water partition coefficient (Wildman–Crippen LogP) is -0.933. The Bertz CT molecular complexity index is 247. The Morgan fingerprint density at radius 1 is 1.46 bits per heavy atom. The van der Waals surface area contributed by atoms with Gasteiger partial charge in [0.15, 0.2) is 0 Å². The van der Waals surface area contributed by atoms with Crippen molar-refractivity contribution in [2.45, 2.75) is 12.8 Å². The van der Waals surface area contributed by atoms with E-state index in [1.807, 2.05) is 0 Å². The van der Waals surface area contributed by atoms with E-state index in [1.165, 1.54) is 7.05 Å². The molecule has 0 atom stereocenters. The highest BCUT2D eigenvalue weighted by Gasteiger charge is 2.32. The summed E-state index contributed by atoms with van der Waals surface area (Å²) in [7, 11) is 1.40. The lowest BCUT2D eigenvalue weighted by molar-refractivity contribution is -0.158. The van der Waals surface area contributed by atoms with E-state index in [-0.39, 0.29) is 31.2 Å². The third-order valence-corrected chi connectivity index (χ3v) is 1.73. The van der Waals surface area contributed by atoms with Gasteiger partial charge in [-0.15, -0.1) is 0 Å². The van der Waals surface area contributed by atoms with Crippen LogP contribution in [0.1, 0.15) is 12.8 Å². The maximum atomic E-state index is 11.1. The number of imide groups is 1. The highest BCUT2D eigenvalue weighted by molar-refractivity contribution is 6.01. The topological polar surface area (TPSA) is 77.9 Å². The zero-order valence-corrected chi connectivity index (χ0v) is 7.19. The van der Waals surface area contributed by atoms with Crippen molar-refractivity contribution in [2.24, 2.45) is 0 Å². The summed E-state index contributed by atoms with van der Waals surface area (Å²) in [6, 6.07) is 0. The Labute approximate surface area is 74.7 Å². The van der Waals surface area contributed by atoms with Gasteiger partial charge in [0.1, 0.15) is 6.54 Å². The normalized spacial score (nSPS) is 17.2. The van der Waals surface area contributed by atoms with Gasteiger partial charge in [0, 0.05) is 19.9 Å². The van der Waals surface area contributed by atoms with Gasteiger partial charge in [-0.05, 0) is 0 Å². The lowest BCUT2D eigenvalue weighted by Crippen LogP contribution is -2.45. The average Bonchev–Trinajstić information content (AvgIpc) is 2.29. The molecule has 0 aromatic carbocycles. The first kappa shape index (κ1) is 9.66. The third-order valence-electron chi connectivity index (χ3n) is 1.73. The summed E-state index contributed by atoms with van der Waals surface area (Å²) in [5.74, 6) is -1.75. The Hall–Kier alpha value is -1.43. The van der Waals surface area contributed by atoms with Crippen molar-refractivity contribution in [1.82, 2.24) is 10.0 Å². The van der Waals surface area contributed by atoms with E-state index in [0.717, 1.165) is 10.0 Å². The van der Waals surface area contributed by atoms with E-state index in [4.69, 9.17) is 5.11 Å². The van der Waals surface area contributed by atoms with Crippen LogP contribution in [0.3, 0.4) is 0 Å². The van der Waals surface area contributed by atoms with Gasteiger partial charge in [0.05, 0.1) is 0 Å². The maximum absolute atomic E-state index is 11.1. The minimum absolute atomic E-state index is 0.169. The van der Waals surface area contributed by atoms with Crippen LogP contribution in [0.2, 0.25) is 0 Å². The maximum Gasteiger partial charge on any atom is 0.319 e. The largest absolute Gasteiger partial charge is 0.480 e.